The first kappa shape index (κ1) is 25.5. The van der Waals surface area contributed by atoms with Crippen LogP contribution in [0.5, 0.6) is 28.7 Å². The predicted molar refractivity (Wildman–Crippen MR) is 148 cm³/mol. The second-order valence-corrected chi connectivity index (χ2v) is 9.98. The van der Waals surface area contributed by atoms with Gasteiger partial charge in [0.05, 0.1) is 33.5 Å². The molecule has 0 saturated heterocycles. The van der Waals surface area contributed by atoms with Crippen molar-refractivity contribution in [1.82, 2.24) is 0 Å². The molecule has 0 N–H and O–H groups in total. The number of hydrogen-bond acceptors (Lipinski definition) is 6. The number of allylic oxidation sites excluding steroid dienone is 1. The van der Waals surface area contributed by atoms with Crippen LogP contribution >= 0.6 is 0 Å². The molecule has 0 saturated carbocycles. The highest BCUT2D eigenvalue weighted by Gasteiger charge is 2.30. The van der Waals surface area contributed by atoms with E-state index < -0.39 is 0 Å². The van der Waals surface area contributed by atoms with Gasteiger partial charge in [0.25, 0.3) is 0 Å². The van der Waals surface area contributed by atoms with Gasteiger partial charge in [-0.25, -0.2) is 0 Å². The third kappa shape index (κ3) is 4.99. The van der Waals surface area contributed by atoms with E-state index in [1.54, 1.807) is 51.7 Å². The van der Waals surface area contributed by atoms with E-state index in [0.717, 1.165) is 45.9 Å². The molecule has 38 heavy (non-hydrogen) atoms. The van der Waals surface area contributed by atoms with Crippen LogP contribution in [0.1, 0.15) is 52.4 Å². The fourth-order valence-corrected chi connectivity index (χ4v) is 4.95. The number of ether oxygens (including phenoxy) is 5. The summed E-state index contributed by atoms with van der Waals surface area (Å²) in [6.07, 6.45) is 8.27. The minimum absolute atomic E-state index is 0.0626. The summed E-state index contributed by atoms with van der Waals surface area (Å²) < 4.78 is 29.1. The number of rotatable bonds is 7. The number of benzene rings is 3. The van der Waals surface area contributed by atoms with Crippen LogP contribution in [0.15, 0.2) is 60.7 Å². The first-order valence-electron chi connectivity index (χ1n) is 12.6. The highest BCUT2D eigenvalue weighted by atomic mass is 16.5. The fraction of sp³-hybridized carbons (Fsp3) is 0.281. The van der Waals surface area contributed by atoms with Gasteiger partial charge in [-0.2, -0.15) is 0 Å². The molecule has 0 radical (unpaired) electrons. The van der Waals surface area contributed by atoms with Gasteiger partial charge in [-0.05, 0) is 74.4 Å². The zero-order valence-corrected chi connectivity index (χ0v) is 22.4. The van der Waals surface area contributed by atoms with Gasteiger partial charge < -0.3 is 23.7 Å². The number of ketones is 1. The maximum absolute atomic E-state index is 12.8. The van der Waals surface area contributed by atoms with E-state index in [0.29, 0.717) is 23.7 Å². The minimum Gasteiger partial charge on any atom is -0.497 e. The van der Waals surface area contributed by atoms with Gasteiger partial charge in [-0.3, -0.25) is 4.79 Å². The van der Waals surface area contributed by atoms with Gasteiger partial charge in [0, 0.05) is 28.7 Å². The van der Waals surface area contributed by atoms with Crippen molar-refractivity contribution >= 4 is 17.9 Å². The molecule has 0 fully saturated rings. The second-order valence-electron chi connectivity index (χ2n) is 9.98. The van der Waals surface area contributed by atoms with Gasteiger partial charge in [0.1, 0.15) is 34.3 Å². The topological polar surface area (TPSA) is 63.2 Å². The Morgan fingerprint density at radius 2 is 1.82 bits per heavy atom. The molecular weight excluding hydrogens is 480 g/mol. The normalized spacial score (nSPS) is 17.1. The molecule has 0 aliphatic carbocycles. The Bertz CT molecular complexity index is 1430. The Morgan fingerprint density at radius 3 is 2.58 bits per heavy atom. The molecule has 6 nitrogen and oxygen atoms in total. The summed E-state index contributed by atoms with van der Waals surface area (Å²) in [5, 5.41) is 0. The monoisotopic (exact) mass is 512 g/mol. The average molecular weight is 513 g/mol. The average Bonchev–Trinajstić information content (AvgIpc) is 2.94. The lowest BCUT2D eigenvalue weighted by molar-refractivity contribution is 0.104. The first-order valence-corrected chi connectivity index (χ1v) is 12.6. The van der Waals surface area contributed by atoms with Crippen molar-refractivity contribution in [1.29, 1.82) is 0 Å². The van der Waals surface area contributed by atoms with E-state index >= 15 is 0 Å². The van der Waals surface area contributed by atoms with Crippen LogP contribution in [0.4, 0.5) is 0 Å². The van der Waals surface area contributed by atoms with Crippen molar-refractivity contribution in [3.8, 4) is 28.7 Å². The Morgan fingerprint density at radius 1 is 1.00 bits per heavy atom. The molecule has 5 rings (SSSR count). The zero-order valence-electron chi connectivity index (χ0n) is 22.4. The van der Waals surface area contributed by atoms with Crippen LogP contribution in [0, 0.1) is 0 Å². The van der Waals surface area contributed by atoms with Crippen LogP contribution in [0.25, 0.3) is 12.2 Å². The largest absolute Gasteiger partial charge is 0.497 e. The van der Waals surface area contributed by atoms with Crippen LogP contribution in [-0.4, -0.2) is 39.3 Å². The first-order chi connectivity index (χ1) is 18.3. The molecule has 2 heterocycles. The van der Waals surface area contributed by atoms with Crippen molar-refractivity contribution in [3.63, 3.8) is 0 Å². The summed E-state index contributed by atoms with van der Waals surface area (Å²) in [4.78, 5) is 12.8. The standard InChI is InChI=1S/C32H32O6/c1-32(2)14-13-25-28(38-32)12-10-22-15-23(19-37-31(22)25)26-17-21(29(35-4)18-30(26)36-5)9-11-27(33)20-7-6-8-24(16-20)34-3/h6-14,16-18,23H,15,19H2,1-5H3/b11-9+/t23-/m0/s1. The third-order valence-electron chi connectivity index (χ3n) is 6.95. The molecule has 2 aliphatic heterocycles. The molecule has 1 atom stereocenters. The number of carbonyl (C=O) groups is 1. The van der Waals surface area contributed by atoms with Crippen LogP contribution in [0.3, 0.4) is 0 Å². The number of carbonyl (C=O) groups excluding carboxylic acids is 1. The molecule has 0 bridgehead atoms. The highest BCUT2D eigenvalue weighted by molar-refractivity contribution is 6.07. The lowest BCUT2D eigenvalue weighted by Gasteiger charge is -2.32. The summed E-state index contributed by atoms with van der Waals surface area (Å²) in [5.41, 5.74) is 4.10. The maximum atomic E-state index is 12.8. The Kier molecular flexibility index (Phi) is 6.89. The summed E-state index contributed by atoms with van der Waals surface area (Å²) in [6.45, 7) is 4.57. The van der Waals surface area contributed by atoms with Gasteiger partial charge in [-0.1, -0.05) is 18.2 Å². The van der Waals surface area contributed by atoms with Gasteiger partial charge >= 0.3 is 0 Å². The van der Waals surface area contributed by atoms with E-state index in [1.165, 1.54) is 0 Å². The van der Waals surface area contributed by atoms with Crippen molar-refractivity contribution in [2.45, 2.75) is 31.8 Å². The van der Waals surface area contributed by atoms with E-state index in [-0.39, 0.29) is 17.3 Å². The summed E-state index contributed by atoms with van der Waals surface area (Å²) >= 11 is 0. The fourth-order valence-electron chi connectivity index (χ4n) is 4.95. The number of fused-ring (bicyclic) bond motifs is 3. The van der Waals surface area contributed by atoms with Gasteiger partial charge in [0.2, 0.25) is 0 Å². The minimum atomic E-state index is -0.340. The molecule has 0 unspecified atom stereocenters. The third-order valence-corrected chi connectivity index (χ3v) is 6.95. The molecule has 2 aliphatic rings. The van der Waals surface area contributed by atoms with E-state index in [1.807, 2.05) is 38.1 Å². The van der Waals surface area contributed by atoms with Crippen LogP contribution < -0.4 is 23.7 Å². The SMILES string of the molecule is COc1cccc(C(=O)/C=C/c2cc([C@@H]3COc4c(ccc5c4C=CC(C)(C)O5)C3)c(OC)cc2OC)c1. The van der Waals surface area contributed by atoms with E-state index in [4.69, 9.17) is 23.7 Å². The molecule has 0 amide bonds. The molecule has 0 aromatic heterocycles. The summed E-state index contributed by atoms with van der Waals surface area (Å²) in [6, 6.07) is 15.1. The Labute approximate surface area is 223 Å². The lowest BCUT2D eigenvalue weighted by atomic mass is 9.87. The predicted octanol–water partition coefficient (Wildman–Crippen LogP) is 6.51. The molecular formula is C32H32O6. The summed E-state index contributed by atoms with van der Waals surface area (Å²) in [7, 11) is 4.84. The molecule has 6 heteroatoms. The Balaban J connectivity index is 1.44. The number of hydrogen-bond donors (Lipinski definition) is 0. The smallest absolute Gasteiger partial charge is 0.185 e. The van der Waals surface area contributed by atoms with Gasteiger partial charge in [-0.15, -0.1) is 0 Å². The maximum Gasteiger partial charge on any atom is 0.185 e. The molecule has 196 valence electrons. The lowest BCUT2D eigenvalue weighted by Crippen LogP contribution is -2.28. The second kappa shape index (κ2) is 10.3. The van der Waals surface area contributed by atoms with Crippen molar-refractivity contribution in [2.24, 2.45) is 0 Å². The molecule has 0 spiro atoms. The Hall–Kier alpha value is -4.19. The summed E-state index contributed by atoms with van der Waals surface area (Å²) in [5.74, 6) is 3.63. The van der Waals surface area contributed by atoms with E-state index in [9.17, 15) is 4.79 Å². The van der Waals surface area contributed by atoms with Crippen molar-refractivity contribution in [2.75, 3.05) is 27.9 Å². The zero-order chi connectivity index (χ0) is 26.9. The van der Waals surface area contributed by atoms with Crippen LogP contribution in [0.2, 0.25) is 0 Å². The quantitative estimate of drug-likeness (QED) is 0.266. The molecule has 3 aromatic rings. The van der Waals surface area contributed by atoms with Crippen molar-refractivity contribution in [3.05, 3.63) is 88.5 Å². The van der Waals surface area contributed by atoms with E-state index in [2.05, 4.69) is 18.2 Å². The van der Waals surface area contributed by atoms with Gasteiger partial charge in [0.15, 0.2) is 5.78 Å². The van der Waals surface area contributed by atoms with Crippen molar-refractivity contribution < 1.29 is 28.5 Å². The van der Waals surface area contributed by atoms with Crippen LogP contribution in [-0.2, 0) is 6.42 Å². The number of methoxy groups -OCH3 is 3. The molecule has 3 aromatic carbocycles. The highest BCUT2D eigenvalue weighted by Crippen LogP contribution is 2.45.